The summed E-state index contributed by atoms with van der Waals surface area (Å²) >= 11 is 0. The first kappa shape index (κ1) is 22.9. The molecule has 2 aliphatic rings. The third-order valence-electron chi connectivity index (χ3n) is 5.94. The van der Waals surface area contributed by atoms with Crippen LogP contribution in [0.25, 0.3) is 0 Å². The van der Waals surface area contributed by atoms with Crippen LogP contribution >= 0.6 is 0 Å². The molecular weight excluding hydrogens is 427 g/mol. The minimum Gasteiger partial charge on any atom is -0.368 e. The van der Waals surface area contributed by atoms with Crippen LogP contribution in [0.2, 0.25) is 0 Å². The molecule has 2 aliphatic heterocycles. The molecule has 2 atom stereocenters. The number of carbonyl (C=O) groups excluding carboxylic acids is 3. The van der Waals surface area contributed by atoms with Crippen LogP contribution in [0.4, 0.5) is 4.39 Å². The van der Waals surface area contributed by atoms with Crippen LogP contribution < -0.4 is 11.1 Å². The van der Waals surface area contributed by atoms with Gasteiger partial charge >= 0.3 is 0 Å². The lowest BCUT2D eigenvalue weighted by atomic mass is 10.1. The van der Waals surface area contributed by atoms with E-state index in [4.69, 9.17) is 10.5 Å². The fourth-order valence-electron chi connectivity index (χ4n) is 4.22. The molecule has 2 fully saturated rings. The maximum atomic E-state index is 13.3. The fourth-order valence-corrected chi connectivity index (χ4v) is 4.22. The van der Waals surface area contributed by atoms with Crippen molar-refractivity contribution >= 4 is 17.7 Å². The zero-order valence-corrected chi connectivity index (χ0v) is 18.2. The molecule has 2 unspecified atom stereocenters. The number of halogens is 1. The van der Waals surface area contributed by atoms with Gasteiger partial charge in [-0.2, -0.15) is 0 Å². The van der Waals surface area contributed by atoms with E-state index in [1.807, 2.05) is 24.3 Å². The summed E-state index contributed by atoms with van der Waals surface area (Å²) in [6.07, 6.45) is -0.363. The monoisotopic (exact) mass is 454 g/mol. The Bertz CT molecular complexity index is 1020. The van der Waals surface area contributed by atoms with Crippen molar-refractivity contribution in [1.29, 1.82) is 0 Å². The van der Waals surface area contributed by atoms with Crippen molar-refractivity contribution < 1.29 is 23.5 Å². The molecule has 4 rings (SSSR count). The number of amides is 3. The maximum Gasteiger partial charge on any atom is 0.264 e. The molecule has 2 aromatic carbocycles. The van der Waals surface area contributed by atoms with Crippen molar-refractivity contribution in [3.63, 3.8) is 0 Å². The molecule has 0 bridgehead atoms. The summed E-state index contributed by atoms with van der Waals surface area (Å²) < 4.78 is 18.8. The van der Waals surface area contributed by atoms with Crippen molar-refractivity contribution in [3.8, 4) is 0 Å². The lowest BCUT2D eigenvalue weighted by Crippen LogP contribution is -2.55. The Balaban J connectivity index is 1.55. The number of nitrogens with zero attached hydrogens (tertiary/aromatic N) is 2. The summed E-state index contributed by atoms with van der Waals surface area (Å²) in [5, 5.41) is 2.84. The first-order valence-corrected chi connectivity index (χ1v) is 11.0. The normalized spacial score (nSPS) is 20.2. The zero-order chi connectivity index (χ0) is 23.4. The molecule has 2 saturated heterocycles. The maximum absolute atomic E-state index is 13.3. The van der Waals surface area contributed by atoms with Crippen molar-refractivity contribution in [1.82, 2.24) is 15.1 Å². The van der Waals surface area contributed by atoms with E-state index in [0.717, 1.165) is 17.5 Å². The number of hydrogen-bond donors (Lipinski definition) is 2. The summed E-state index contributed by atoms with van der Waals surface area (Å²) in [4.78, 5) is 42.3. The van der Waals surface area contributed by atoms with Gasteiger partial charge in [0.1, 0.15) is 11.9 Å². The van der Waals surface area contributed by atoms with Crippen LogP contribution in [0.3, 0.4) is 0 Å². The smallest absolute Gasteiger partial charge is 0.264 e. The fraction of sp³-hybridized carbons (Fsp3) is 0.375. The van der Waals surface area contributed by atoms with Gasteiger partial charge in [0.25, 0.3) is 17.7 Å². The highest BCUT2D eigenvalue weighted by Gasteiger charge is 2.45. The van der Waals surface area contributed by atoms with Crippen LogP contribution in [-0.2, 0) is 27.4 Å². The standard InChI is InChI=1S/C24H27FN4O4/c25-19-8-6-18(7-9-19)23(31)28-10-11-29(24(32)20-5-2-12-33-20)22(28)21(30)27-15-17-4-1-3-16(13-17)14-26/h1,3-4,6-9,13,20,22H,2,5,10-12,14-15,26H2,(H,27,30). The van der Waals surface area contributed by atoms with E-state index in [9.17, 15) is 18.8 Å². The second-order valence-corrected chi connectivity index (χ2v) is 8.15. The van der Waals surface area contributed by atoms with Gasteiger partial charge in [0.15, 0.2) is 6.17 Å². The topological polar surface area (TPSA) is 105 Å². The summed E-state index contributed by atoms with van der Waals surface area (Å²) in [5.74, 6) is -1.67. The Morgan fingerprint density at radius 1 is 1.06 bits per heavy atom. The van der Waals surface area contributed by atoms with Crippen molar-refractivity contribution in [2.75, 3.05) is 19.7 Å². The molecule has 2 heterocycles. The SMILES string of the molecule is NCc1cccc(CNC(=O)C2N(C(=O)c3ccc(F)cc3)CCN2C(=O)C2CCCO2)c1. The number of benzene rings is 2. The summed E-state index contributed by atoms with van der Waals surface area (Å²) in [5.41, 5.74) is 7.73. The Kier molecular flexibility index (Phi) is 7.00. The molecule has 3 amide bonds. The predicted octanol–water partition coefficient (Wildman–Crippen LogP) is 1.39. The highest BCUT2D eigenvalue weighted by molar-refractivity contribution is 5.99. The van der Waals surface area contributed by atoms with E-state index in [2.05, 4.69) is 5.32 Å². The van der Waals surface area contributed by atoms with E-state index in [-0.39, 0.29) is 31.1 Å². The van der Waals surface area contributed by atoms with Gasteiger partial charge < -0.3 is 25.6 Å². The largest absolute Gasteiger partial charge is 0.368 e. The third kappa shape index (κ3) is 5.04. The average molecular weight is 455 g/mol. The van der Waals surface area contributed by atoms with Crippen LogP contribution in [0.15, 0.2) is 48.5 Å². The van der Waals surface area contributed by atoms with E-state index in [1.54, 1.807) is 0 Å². The molecular formula is C24H27FN4O4. The van der Waals surface area contributed by atoms with Crippen LogP contribution in [0, 0.1) is 5.82 Å². The van der Waals surface area contributed by atoms with Gasteiger partial charge in [0, 0.05) is 38.3 Å². The molecule has 174 valence electrons. The van der Waals surface area contributed by atoms with Gasteiger partial charge in [-0.25, -0.2) is 4.39 Å². The van der Waals surface area contributed by atoms with Gasteiger partial charge in [0.2, 0.25) is 0 Å². The van der Waals surface area contributed by atoms with Crippen molar-refractivity contribution in [3.05, 3.63) is 71.0 Å². The molecule has 3 N–H and O–H groups in total. The number of ether oxygens (including phenoxy) is 1. The Morgan fingerprint density at radius 2 is 1.79 bits per heavy atom. The lowest BCUT2D eigenvalue weighted by Gasteiger charge is -2.30. The second kappa shape index (κ2) is 10.1. The van der Waals surface area contributed by atoms with E-state index in [0.29, 0.717) is 19.6 Å². The quantitative estimate of drug-likeness (QED) is 0.687. The minimum atomic E-state index is -1.11. The molecule has 8 nitrogen and oxygen atoms in total. The van der Waals surface area contributed by atoms with Crippen molar-refractivity contribution in [2.24, 2.45) is 5.73 Å². The van der Waals surface area contributed by atoms with Crippen LogP contribution in [0.5, 0.6) is 0 Å². The molecule has 2 aromatic rings. The lowest BCUT2D eigenvalue weighted by molar-refractivity contribution is -0.148. The Hall–Kier alpha value is -3.30. The number of hydrogen-bond acceptors (Lipinski definition) is 5. The third-order valence-corrected chi connectivity index (χ3v) is 5.94. The molecule has 9 heteroatoms. The zero-order valence-electron chi connectivity index (χ0n) is 18.2. The Morgan fingerprint density at radius 3 is 2.48 bits per heavy atom. The second-order valence-electron chi connectivity index (χ2n) is 8.15. The number of nitrogens with one attached hydrogen (secondary N) is 1. The van der Waals surface area contributed by atoms with Gasteiger partial charge in [0.05, 0.1) is 0 Å². The van der Waals surface area contributed by atoms with Gasteiger partial charge in [-0.05, 0) is 48.2 Å². The summed E-state index contributed by atoms with van der Waals surface area (Å²) in [6, 6.07) is 12.6. The summed E-state index contributed by atoms with van der Waals surface area (Å²) in [7, 11) is 0. The summed E-state index contributed by atoms with van der Waals surface area (Å²) in [6.45, 7) is 1.51. The average Bonchev–Trinajstić information content (AvgIpc) is 3.53. The first-order chi connectivity index (χ1) is 16.0. The molecule has 0 aromatic heterocycles. The number of nitrogens with two attached hydrogens (primary N) is 1. The Labute approximate surface area is 191 Å². The van der Waals surface area contributed by atoms with E-state index >= 15 is 0 Å². The highest BCUT2D eigenvalue weighted by atomic mass is 19.1. The van der Waals surface area contributed by atoms with Crippen molar-refractivity contribution in [2.45, 2.75) is 38.2 Å². The van der Waals surface area contributed by atoms with E-state index in [1.165, 1.54) is 34.1 Å². The predicted molar refractivity (Wildman–Crippen MR) is 118 cm³/mol. The van der Waals surface area contributed by atoms with E-state index < -0.39 is 29.9 Å². The van der Waals surface area contributed by atoms with Gasteiger partial charge in [-0.1, -0.05) is 24.3 Å². The first-order valence-electron chi connectivity index (χ1n) is 11.0. The molecule has 0 spiro atoms. The molecule has 0 radical (unpaired) electrons. The van der Waals surface area contributed by atoms with Gasteiger partial charge in [-0.3, -0.25) is 14.4 Å². The molecule has 33 heavy (non-hydrogen) atoms. The molecule has 0 saturated carbocycles. The number of carbonyl (C=O) groups is 3. The minimum absolute atomic E-state index is 0.190. The number of rotatable bonds is 6. The van der Waals surface area contributed by atoms with Crippen LogP contribution in [0.1, 0.15) is 34.3 Å². The van der Waals surface area contributed by atoms with Gasteiger partial charge in [-0.15, -0.1) is 0 Å². The van der Waals surface area contributed by atoms with Crippen LogP contribution in [-0.4, -0.2) is 59.5 Å². The highest BCUT2D eigenvalue weighted by Crippen LogP contribution is 2.23. The molecule has 0 aliphatic carbocycles.